The number of rotatable bonds is 4. The van der Waals surface area contributed by atoms with Crippen LogP contribution >= 0.6 is 0 Å². The molecule has 6 heteroatoms. The van der Waals surface area contributed by atoms with Gasteiger partial charge in [-0.3, -0.25) is 4.79 Å². The second kappa shape index (κ2) is 6.17. The Morgan fingerprint density at radius 2 is 1.91 bits per heavy atom. The standard InChI is InChI=1S/C16H15N5O/c1-12-6-2-3-7-13(12)10-17-16(22)14-8-4-5-9-15(14)21-11-18-19-20-21/h2-9,11H,10H2,1H3,(H,17,22). The SMILES string of the molecule is Cc1ccccc1CNC(=O)c1ccccc1-n1cnnn1. The number of hydrogen-bond acceptors (Lipinski definition) is 4. The van der Waals surface area contributed by atoms with E-state index in [2.05, 4.69) is 20.8 Å². The number of tetrazole rings is 1. The number of aryl methyl sites for hydroxylation is 1. The van der Waals surface area contributed by atoms with Crippen molar-refractivity contribution in [1.82, 2.24) is 25.5 Å². The Kier molecular flexibility index (Phi) is 3.91. The molecule has 0 aliphatic heterocycles. The minimum absolute atomic E-state index is 0.158. The van der Waals surface area contributed by atoms with Gasteiger partial charge in [0.2, 0.25) is 0 Å². The molecule has 1 amide bonds. The predicted octanol–water partition coefficient (Wildman–Crippen LogP) is 1.90. The second-order valence-corrected chi connectivity index (χ2v) is 4.88. The first-order chi connectivity index (χ1) is 10.8. The highest BCUT2D eigenvalue weighted by Gasteiger charge is 2.13. The summed E-state index contributed by atoms with van der Waals surface area (Å²) in [4.78, 5) is 12.5. The highest BCUT2D eigenvalue weighted by Crippen LogP contribution is 2.13. The van der Waals surface area contributed by atoms with E-state index in [0.29, 0.717) is 17.8 Å². The lowest BCUT2D eigenvalue weighted by Crippen LogP contribution is -2.24. The van der Waals surface area contributed by atoms with Crippen molar-refractivity contribution in [3.63, 3.8) is 0 Å². The Balaban J connectivity index is 1.80. The number of hydrogen-bond donors (Lipinski definition) is 1. The molecular formula is C16H15N5O. The molecule has 0 unspecified atom stereocenters. The smallest absolute Gasteiger partial charge is 0.253 e. The molecule has 1 aromatic heterocycles. The topological polar surface area (TPSA) is 72.7 Å². The molecule has 3 rings (SSSR count). The highest BCUT2D eigenvalue weighted by atomic mass is 16.1. The first-order valence-corrected chi connectivity index (χ1v) is 6.91. The number of carbonyl (C=O) groups excluding carboxylic acids is 1. The summed E-state index contributed by atoms with van der Waals surface area (Å²) in [6.07, 6.45) is 1.47. The average Bonchev–Trinajstić information content (AvgIpc) is 3.08. The molecule has 110 valence electrons. The molecular weight excluding hydrogens is 278 g/mol. The van der Waals surface area contributed by atoms with Crippen LogP contribution in [-0.2, 0) is 6.54 Å². The van der Waals surface area contributed by atoms with Crippen LogP contribution < -0.4 is 5.32 Å². The summed E-state index contributed by atoms with van der Waals surface area (Å²) in [7, 11) is 0. The zero-order valence-electron chi connectivity index (χ0n) is 12.1. The van der Waals surface area contributed by atoms with E-state index in [1.165, 1.54) is 11.0 Å². The Labute approximate surface area is 127 Å². The molecule has 1 heterocycles. The third-order valence-electron chi connectivity index (χ3n) is 3.45. The largest absolute Gasteiger partial charge is 0.348 e. The van der Waals surface area contributed by atoms with Crippen molar-refractivity contribution >= 4 is 5.91 Å². The van der Waals surface area contributed by atoms with Gasteiger partial charge >= 0.3 is 0 Å². The van der Waals surface area contributed by atoms with Gasteiger partial charge in [-0.2, -0.15) is 4.68 Å². The Morgan fingerprint density at radius 3 is 2.68 bits per heavy atom. The summed E-state index contributed by atoms with van der Waals surface area (Å²) in [5.74, 6) is -0.158. The third-order valence-corrected chi connectivity index (χ3v) is 3.45. The number of benzene rings is 2. The minimum Gasteiger partial charge on any atom is -0.348 e. The number of aromatic nitrogens is 4. The summed E-state index contributed by atoms with van der Waals surface area (Å²) in [6.45, 7) is 2.51. The van der Waals surface area contributed by atoms with Crippen LogP contribution in [0.2, 0.25) is 0 Å². The fourth-order valence-corrected chi connectivity index (χ4v) is 2.22. The summed E-state index contributed by atoms with van der Waals surface area (Å²) < 4.78 is 1.47. The quantitative estimate of drug-likeness (QED) is 0.797. The van der Waals surface area contributed by atoms with Crippen molar-refractivity contribution in [3.05, 3.63) is 71.5 Å². The molecule has 0 saturated carbocycles. The molecule has 0 atom stereocenters. The van der Waals surface area contributed by atoms with Crippen LogP contribution in [0.4, 0.5) is 0 Å². The number of amides is 1. The normalized spacial score (nSPS) is 10.4. The van der Waals surface area contributed by atoms with Crippen molar-refractivity contribution in [1.29, 1.82) is 0 Å². The molecule has 0 radical (unpaired) electrons. The first-order valence-electron chi connectivity index (χ1n) is 6.91. The number of para-hydroxylation sites is 1. The van der Waals surface area contributed by atoms with E-state index in [1.807, 2.05) is 43.3 Å². The van der Waals surface area contributed by atoms with Crippen molar-refractivity contribution in [3.8, 4) is 5.69 Å². The number of carbonyl (C=O) groups is 1. The maximum atomic E-state index is 12.5. The summed E-state index contributed by atoms with van der Waals surface area (Å²) in [5.41, 5.74) is 3.42. The molecule has 0 aliphatic carbocycles. The van der Waals surface area contributed by atoms with E-state index in [0.717, 1.165) is 11.1 Å². The van der Waals surface area contributed by atoms with E-state index < -0.39 is 0 Å². The first kappa shape index (κ1) is 13.9. The molecule has 0 aliphatic rings. The lowest BCUT2D eigenvalue weighted by Gasteiger charge is -2.10. The molecule has 0 saturated heterocycles. The second-order valence-electron chi connectivity index (χ2n) is 4.88. The van der Waals surface area contributed by atoms with Crippen LogP contribution in [0.1, 0.15) is 21.5 Å². The molecule has 2 aromatic carbocycles. The zero-order valence-corrected chi connectivity index (χ0v) is 12.1. The van der Waals surface area contributed by atoms with Crippen molar-refractivity contribution in [2.75, 3.05) is 0 Å². The Hall–Kier alpha value is -3.02. The van der Waals surface area contributed by atoms with Crippen LogP contribution in [-0.4, -0.2) is 26.1 Å². The van der Waals surface area contributed by atoms with E-state index >= 15 is 0 Å². The van der Waals surface area contributed by atoms with Crippen molar-refractivity contribution in [2.45, 2.75) is 13.5 Å². The van der Waals surface area contributed by atoms with Crippen LogP contribution in [0.25, 0.3) is 5.69 Å². The van der Waals surface area contributed by atoms with Gasteiger partial charge in [0.1, 0.15) is 6.33 Å². The lowest BCUT2D eigenvalue weighted by atomic mass is 10.1. The van der Waals surface area contributed by atoms with Crippen LogP contribution in [0.5, 0.6) is 0 Å². The average molecular weight is 293 g/mol. The van der Waals surface area contributed by atoms with Gasteiger partial charge < -0.3 is 5.32 Å². The molecule has 0 spiro atoms. The van der Waals surface area contributed by atoms with Crippen molar-refractivity contribution < 1.29 is 4.79 Å². The maximum absolute atomic E-state index is 12.5. The van der Waals surface area contributed by atoms with Gasteiger partial charge in [0, 0.05) is 6.54 Å². The predicted molar refractivity (Wildman–Crippen MR) is 81.5 cm³/mol. The van der Waals surface area contributed by atoms with Gasteiger partial charge in [0.25, 0.3) is 5.91 Å². The van der Waals surface area contributed by atoms with Crippen LogP contribution in [0, 0.1) is 6.92 Å². The van der Waals surface area contributed by atoms with E-state index in [9.17, 15) is 4.79 Å². The summed E-state index contributed by atoms with van der Waals surface area (Å²) in [5, 5.41) is 14.0. The van der Waals surface area contributed by atoms with Crippen molar-refractivity contribution in [2.24, 2.45) is 0 Å². The number of nitrogens with zero attached hydrogens (tertiary/aromatic N) is 4. The molecule has 6 nitrogen and oxygen atoms in total. The third kappa shape index (κ3) is 2.85. The van der Waals surface area contributed by atoms with Gasteiger partial charge in [-0.15, -0.1) is 5.10 Å². The van der Waals surface area contributed by atoms with Gasteiger partial charge in [-0.05, 0) is 40.6 Å². The maximum Gasteiger partial charge on any atom is 0.253 e. The monoisotopic (exact) mass is 293 g/mol. The highest BCUT2D eigenvalue weighted by molar-refractivity contribution is 5.97. The van der Waals surface area contributed by atoms with Gasteiger partial charge in [-0.25, -0.2) is 0 Å². The molecule has 22 heavy (non-hydrogen) atoms. The fraction of sp³-hybridized carbons (Fsp3) is 0.125. The zero-order chi connectivity index (χ0) is 15.4. The van der Waals surface area contributed by atoms with E-state index in [-0.39, 0.29) is 5.91 Å². The molecule has 0 bridgehead atoms. The van der Waals surface area contributed by atoms with Crippen LogP contribution in [0.3, 0.4) is 0 Å². The van der Waals surface area contributed by atoms with E-state index in [1.54, 1.807) is 12.1 Å². The van der Waals surface area contributed by atoms with Gasteiger partial charge in [0.15, 0.2) is 0 Å². The summed E-state index contributed by atoms with van der Waals surface area (Å²) >= 11 is 0. The van der Waals surface area contributed by atoms with Crippen LogP contribution in [0.15, 0.2) is 54.9 Å². The molecule has 0 fully saturated rings. The molecule has 1 N–H and O–H groups in total. The lowest BCUT2D eigenvalue weighted by molar-refractivity contribution is 0.0950. The van der Waals surface area contributed by atoms with E-state index in [4.69, 9.17) is 0 Å². The van der Waals surface area contributed by atoms with Gasteiger partial charge in [0.05, 0.1) is 11.3 Å². The van der Waals surface area contributed by atoms with Gasteiger partial charge in [-0.1, -0.05) is 36.4 Å². The minimum atomic E-state index is -0.158. The Bertz CT molecular complexity index is 783. The molecule has 3 aromatic rings. The fourth-order valence-electron chi connectivity index (χ4n) is 2.22. The number of nitrogens with one attached hydrogen (secondary N) is 1. The summed E-state index contributed by atoms with van der Waals surface area (Å²) in [6, 6.07) is 15.2. The Morgan fingerprint density at radius 1 is 1.14 bits per heavy atom.